The molecule has 2 aromatic rings. The molecule has 2 nitrogen and oxygen atoms in total. The lowest BCUT2D eigenvalue weighted by Crippen LogP contribution is -1.99. The summed E-state index contributed by atoms with van der Waals surface area (Å²) in [6, 6.07) is 5.63. The highest BCUT2D eigenvalue weighted by molar-refractivity contribution is 6.35. The molecule has 0 N–H and O–H groups in total. The summed E-state index contributed by atoms with van der Waals surface area (Å²) < 4.78 is 0. The van der Waals surface area contributed by atoms with Crippen LogP contribution in [0, 0.1) is 6.92 Å². The standard InChI is InChI=1S/C14H13Cl3N2/c1-7(2)11-12(16)18-14(19-13(11)17)9-5-4-8(3)10(15)6-9/h4-7H,1-3H3. The fraction of sp³-hybridized carbons (Fsp3) is 0.286. The minimum atomic E-state index is 0.177. The molecule has 0 amide bonds. The van der Waals surface area contributed by atoms with Gasteiger partial charge >= 0.3 is 0 Å². The fourth-order valence-corrected chi connectivity index (χ4v) is 2.76. The van der Waals surface area contributed by atoms with Gasteiger partial charge in [-0.2, -0.15) is 0 Å². The third kappa shape index (κ3) is 3.02. The molecule has 0 spiro atoms. The van der Waals surface area contributed by atoms with Crippen molar-refractivity contribution in [1.82, 2.24) is 9.97 Å². The number of halogens is 3. The van der Waals surface area contributed by atoms with Gasteiger partial charge in [-0.05, 0) is 24.5 Å². The van der Waals surface area contributed by atoms with E-state index in [9.17, 15) is 0 Å². The normalized spacial score (nSPS) is 11.1. The highest BCUT2D eigenvalue weighted by atomic mass is 35.5. The molecule has 1 aromatic carbocycles. The van der Waals surface area contributed by atoms with Crippen LogP contribution in [0.4, 0.5) is 0 Å². The Kier molecular flexibility index (Phi) is 4.34. The first kappa shape index (κ1) is 14.6. The van der Waals surface area contributed by atoms with Crippen molar-refractivity contribution in [2.24, 2.45) is 0 Å². The maximum atomic E-state index is 6.18. The van der Waals surface area contributed by atoms with E-state index in [-0.39, 0.29) is 5.92 Å². The van der Waals surface area contributed by atoms with Gasteiger partial charge in [-0.25, -0.2) is 9.97 Å². The Morgan fingerprint density at radius 2 is 1.58 bits per heavy atom. The summed E-state index contributed by atoms with van der Waals surface area (Å²) >= 11 is 18.5. The molecule has 19 heavy (non-hydrogen) atoms. The average Bonchev–Trinajstić information content (AvgIpc) is 2.31. The number of aryl methyl sites for hydroxylation is 1. The van der Waals surface area contributed by atoms with Crippen molar-refractivity contribution in [2.45, 2.75) is 26.7 Å². The first-order valence-corrected chi connectivity index (χ1v) is 7.03. The molecule has 0 aliphatic rings. The summed E-state index contributed by atoms with van der Waals surface area (Å²) in [7, 11) is 0. The van der Waals surface area contributed by atoms with E-state index in [1.54, 1.807) is 0 Å². The van der Waals surface area contributed by atoms with Crippen LogP contribution in [0.2, 0.25) is 15.3 Å². The first-order chi connectivity index (χ1) is 8.90. The molecule has 0 saturated heterocycles. The molecule has 0 unspecified atom stereocenters. The predicted octanol–water partition coefficient (Wildman–Crippen LogP) is 5.54. The summed E-state index contributed by atoms with van der Waals surface area (Å²) in [5, 5.41) is 1.45. The Bertz CT molecular complexity index is 601. The molecule has 1 aromatic heterocycles. The second-order valence-corrected chi connectivity index (χ2v) is 5.78. The van der Waals surface area contributed by atoms with E-state index in [2.05, 4.69) is 9.97 Å². The van der Waals surface area contributed by atoms with Gasteiger partial charge in [-0.15, -0.1) is 0 Å². The predicted molar refractivity (Wildman–Crippen MR) is 81.3 cm³/mol. The molecule has 0 saturated carbocycles. The zero-order valence-corrected chi connectivity index (χ0v) is 13.1. The third-order valence-electron chi connectivity index (χ3n) is 2.86. The lowest BCUT2D eigenvalue weighted by Gasteiger charge is -2.11. The van der Waals surface area contributed by atoms with Crippen LogP contribution in [-0.2, 0) is 0 Å². The summed E-state index contributed by atoms with van der Waals surface area (Å²) in [5.74, 6) is 0.664. The maximum absolute atomic E-state index is 6.18. The molecule has 5 heteroatoms. The van der Waals surface area contributed by atoms with Crippen LogP contribution < -0.4 is 0 Å². The van der Waals surface area contributed by atoms with Crippen LogP contribution in [0.5, 0.6) is 0 Å². The van der Waals surface area contributed by atoms with Gasteiger partial charge in [-0.3, -0.25) is 0 Å². The number of hydrogen-bond acceptors (Lipinski definition) is 2. The molecule has 2 rings (SSSR count). The fourth-order valence-electron chi connectivity index (χ4n) is 1.75. The number of rotatable bonds is 2. The quantitative estimate of drug-likeness (QED) is 0.680. The molecule has 1 heterocycles. The Morgan fingerprint density at radius 1 is 1.00 bits per heavy atom. The van der Waals surface area contributed by atoms with Gasteiger partial charge in [0.05, 0.1) is 0 Å². The van der Waals surface area contributed by atoms with Crippen molar-refractivity contribution >= 4 is 34.8 Å². The number of aromatic nitrogens is 2. The second kappa shape index (κ2) is 5.66. The van der Waals surface area contributed by atoms with E-state index in [1.165, 1.54) is 0 Å². The highest BCUT2D eigenvalue weighted by Crippen LogP contribution is 2.31. The van der Waals surface area contributed by atoms with E-state index in [1.807, 2.05) is 39.0 Å². The van der Waals surface area contributed by atoms with Crippen LogP contribution in [0.25, 0.3) is 11.4 Å². The molecule has 0 fully saturated rings. The minimum Gasteiger partial charge on any atom is -0.216 e. The Hall–Kier alpha value is -0.830. The molecule has 0 radical (unpaired) electrons. The van der Waals surface area contributed by atoms with E-state index in [0.717, 1.165) is 16.7 Å². The van der Waals surface area contributed by atoms with Crippen LogP contribution in [-0.4, -0.2) is 9.97 Å². The zero-order chi connectivity index (χ0) is 14.2. The van der Waals surface area contributed by atoms with Crippen molar-refractivity contribution in [3.05, 3.63) is 44.7 Å². The van der Waals surface area contributed by atoms with Gasteiger partial charge in [0.25, 0.3) is 0 Å². The Labute approximate surface area is 127 Å². The summed E-state index contributed by atoms with van der Waals surface area (Å²) in [5.41, 5.74) is 2.57. The molecule has 0 bridgehead atoms. The van der Waals surface area contributed by atoms with E-state index < -0.39 is 0 Å². The highest BCUT2D eigenvalue weighted by Gasteiger charge is 2.15. The van der Waals surface area contributed by atoms with Crippen LogP contribution in [0.1, 0.15) is 30.9 Å². The number of hydrogen-bond donors (Lipinski definition) is 0. The van der Waals surface area contributed by atoms with E-state index in [4.69, 9.17) is 34.8 Å². The van der Waals surface area contributed by atoms with Gasteiger partial charge in [0.1, 0.15) is 10.3 Å². The zero-order valence-electron chi connectivity index (χ0n) is 10.8. The largest absolute Gasteiger partial charge is 0.216 e. The molecular formula is C14H13Cl3N2. The monoisotopic (exact) mass is 314 g/mol. The van der Waals surface area contributed by atoms with Gasteiger partial charge in [0, 0.05) is 16.1 Å². The molecular weight excluding hydrogens is 303 g/mol. The molecule has 0 aliphatic heterocycles. The second-order valence-electron chi connectivity index (χ2n) is 4.66. The molecule has 0 aliphatic carbocycles. The smallest absolute Gasteiger partial charge is 0.162 e. The lowest BCUT2D eigenvalue weighted by molar-refractivity contribution is 0.848. The Morgan fingerprint density at radius 3 is 2.05 bits per heavy atom. The SMILES string of the molecule is Cc1ccc(-c2nc(Cl)c(C(C)C)c(Cl)n2)cc1Cl. The van der Waals surface area contributed by atoms with Crippen molar-refractivity contribution < 1.29 is 0 Å². The van der Waals surface area contributed by atoms with E-state index >= 15 is 0 Å². The van der Waals surface area contributed by atoms with Crippen LogP contribution in [0.15, 0.2) is 18.2 Å². The third-order valence-corrected chi connectivity index (χ3v) is 3.84. The summed E-state index contributed by atoms with van der Waals surface area (Å²) in [6.07, 6.45) is 0. The number of nitrogens with zero attached hydrogens (tertiary/aromatic N) is 2. The first-order valence-electron chi connectivity index (χ1n) is 5.89. The molecule has 0 atom stereocenters. The lowest BCUT2D eigenvalue weighted by atomic mass is 10.1. The van der Waals surface area contributed by atoms with Gasteiger partial charge < -0.3 is 0 Å². The van der Waals surface area contributed by atoms with Crippen molar-refractivity contribution in [1.29, 1.82) is 0 Å². The average molecular weight is 316 g/mol. The summed E-state index contributed by atoms with van der Waals surface area (Å²) in [6.45, 7) is 5.94. The van der Waals surface area contributed by atoms with Crippen molar-refractivity contribution in [3.63, 3.8) is 0 Å². The van der Waals surface area contributed by atoms with Crippen molar-refractivity contribution in [2.75, 3.05) is 0 Å². The number of benzene rings is 1. The van der Waals surface area contributed by atoms with Gasteiger partial charge in [0.2, 0.25) is 0 Å². The topological polar surface area (TPSA) is 25.8 Å². The van der Waals surface area contributed by atoms with Gasteiger partial charge in [0.15, 0.2) is 5.82 Å². The minimum absolute atomic E-state index is 0.177. The van der Waals surface area contributed by atoms with Crippen molar-refractivity contribution in [3.8, 4) is 11.4 Å². The summed E-state index contributed by atoms with van der Waals surface area (Å²) in [4.78, 5) is 8.61. The molecule has 100 valence electrons. The maximum Gasteiger partial charge on any atom is 0.162 e. The van der Waals surface area contributed by atoms with Crippen LogP contribution in [0.3, 0.4) is 0 Å². The van der Waals surface area contributed by atoms with Crippen LogP contribution >= 0.6 is 34.8 Å². The van der Waals surface area contributed by atoms with Gasteiger partial charge in [-0.1, -0.05) is 60.8 Å². The van der Waals surface area contributed by atoms with E-state index in [0.29, 0.717) is 21.2 Å². The Balaban J connectivity index is 2.55.